The molecule has 0 bridgehead atoms. The number of halogens is 2. The normalized spacial score (nSPS) is 14.5. The summed E-state index contributed by atoms with van der Waals surface area (Å²) in [6.45, 7) is 4.84. The smallest absolute Gasteiger partial charge is 0.150 e. The fourth-order valence-electron chi connectivity index (χ4n) is 2.16. The summed E-state index contributed by atoms with van der Waals surface area (Å²) in [7, 11) is 0. The van der Waals surface area contributed by atoms with Gasteiger partial charge in [0.05, 0.1) is 11.6 Å². The summed E-state index contributed by atoms with van der Waals surface area (Å²) in [6, 6.07) is 4.25. The molecule has 0 aliphatic heterocycles. The van der Waals surface area contributed by atoms with E-state index in [4.69, 9.17) is 5.26 Å². The van der Waals surface area contributed by atoms with Crippen LogP contribution >= 0.6 is 0 Å². The first-order valence-corrected chi connectivity index (χ1v) is 6.68. The lowest BCUT2D eigenvalue weighted by molar-refractivity contribution is 0.537. The molecule has 1 aliphatic rings. The van der Waals surface area contributed by atoms with Crippen LogP contribution in [0, 0.1) is 28.9 Å². The molecule has 0 amide bonds. The first-order chi connectivity index (χ1) is 9.02. The van der Waals surface area contributed by atoms with Crippen molar-refractivity contribution in [3.63, 3.8) is 0 Å². The fourth-order valence-corrected chi connectivity index (χ4v) is 2.16. The molecule has 0 atom stereocenters. The Balaban J connectivity index is 2.29. The number of nitriles is 1. The molecule has 0 radical (unpaired) electrons. The number of anilines is 1. The average molecular weight is 264 g/mol. The van der Waals surface area contributed by atoms with Crippen molar-refractivity contribution < 1.29 is 8.78 Å². The van der Waals surface area contributed by atoms with E-state index in [1.165, 1.54) is 0 Å². The van der Waals surface area contributed by atoms with E-state index in [-0.39, 0.29) is 17.3 Å². The van der Waals surface area contributed by atoms with Crippen LogP contribution in [0.3, 0.4) is 0 Å². The van der Waals surface area contributed by atoms with Crippen LogP contribution < -0.4 is 4.90 Å². The number of nitrogens with zero attached hydrogens (tertiary/aromatic N) is 2. The predicted molar refractivity (Wildman–Crippen MR) is 70.9 cm³/mol. The molecular formula is C15H18F2N2. The van der Waals surface area contributed by atoms with Crippen LogP contribution in [0.5, 0.6) is 0 Å². The lowest BCUT2D eigenvalue weighted by atomic mass is 10.1. The molecule has 0 saturated heterocycles. The molecule has 0 aromatic heterocycles. The van der Waals surface area contributed by atoms with Gasteiger partial charge in [0.1, 0.15) is 5.69 Å². The lowest BCUT2D eigenvalue weighted by Gasteiger charge is -2.26. The van der Waals surface area contributed by atoms with E-state index < -0.39 is 11.6 Å². The Kier molecular flexibility index (Phi) is 4.04. The molecule has 0 heterocycles. The summed E-state index contributed by atoms with van der Waals surface area (Å²) in [6.07, 6.45) is 2.86. The van der Waals surface area contributed by atoms with E-state index in [9.17, 15) is 8.78 Å². The van der Waals surface area contributed by atoms with Crippen molar-refractivity contribution in [1.82, 2.24) is 0 Å². The summed E-state index contributed by atoms with van der Waals surface area (Å²) >= 11 is 0. The van der Waals surface area contributed by atoms with Gasteiger partial charge < -0.3 is 4.90 Å². The highest BCUT2D eigenvalue weighted by Crippen LogP contribution is 2.35. The Morgan fingerprint density at radius 3 is 2.32 bits per heavy atom. The Bertz CT molecular complexity index is 478. The zero-order valence-electron chi connectivity index (χ0n) is 11.3. The summed E-state index contributed by atoms with van der Waals surface area (Å²) in [5.41, 5.74) is 0.0560. The average Bonchev–Trinajstić information content (AvgIpc) is 3.15. The van der Waals surface area contributed by atoms with Crippen LogP contribution in [0.25, 0.3) is 0 Å². The van der Waals surface area contributed by atoms with Crippen molar-refractivity contribution in [1.29, 1.82) is 5.26 Å². The molecule has 19 heavy (non-hydrogen) atoms. The molecule has 2 nitrogen and oxygen atoms in total. The number of rotatable bonds is 5. The van der Waals surface area contributed by atoms with Crippen molar-refractivity contribution in [2.45, 2.75) is 39.2 Å². The zero-order chi connectivity index (χ0) is 14.0. The van der Waals surface area contributed by atoms with Gasteiger partial charge in [-0.25, -0.2) is 8.78 Å². The quantitative estimate of drug-likeness (QED) is 0.807. The van der Waals surface area contributed by atoms with Gasteiger partial charge in [0.2, 0.25) is 0 Å². The molecule has 102 valence electrons. The minimum atomic E-state index is -0.632. The molecule has 0 unspecified atom stereocenters. The number of benzene rings is 1. The van der Waals surface area contributed by atoms with Crippen molar-refractivity contribution in [3.8, 4) is 6.07 Å². The van der Waals surface area contributed by atoms with Crippen molar-refractivity contribution in [3.05, 3.63) is 29.3 Å². The fraction of sp³-hybridized carbons (Fsp3) is 0.533. The molecule has 0 N–H and O–H groups in total. The van der Waals surface area contributed by atoms with Gasteiger partial charge in [-0.05, 0) is 37.3 Å². The van der Waals surface area contributed by atoms with Gasteiger partial charge in [-0.3, -0.25) is 0 Å². The lowest BCUT2D eigenvalue weighted by Crippen LogP contribution is -2.29. The number of hydrogen-bond donors (Lipinski definition) is 0. The van der Waals surface area contributed by atoms with E-state index in [2.05, 4.69) is 13.8 Å². The molecular weight excluding hydrogens is 246 g/mol. The van der Waals surface area contributed by atoms with Gasteiger partial charge in [-0.1, -0.05) is 13.8 Å². The maximum Gasteiger partial charge on any atom is 0.150 e. The largest absolute Gasteiger partial charge is 0.364 e. The highest BCUT2D eigenvalue weighted by atomic mass is 19.1. The Hall–Kier alpha value is -1.63. The van der Waals surface area contributed by atoms with Gasteiger partial charge in [0.25, 0.3) is 0 Å². The van der Waals surface area contributed by atoms with E-state index >= 15 is 0 Å². The van der Waals surface area contributed by atoms with Gasteiger partial charge in [0.15, 0.2) is 11.6 Å². The molecule has 1 aromatic carbocycles. The first kappa shape index (κ1) is 13.8. The summed E-state index contributed by atoms with van der Waals surface area (Å²) in [5, 5.41) is 8.72. The third kappa shape index (κ3) is 3.23. The monoisotopic (exact) mass is 264 g/mol. The van der Waals surface area contributed by atoms with E-state index in [1.807, 2.05) is 4.90 Å². The molecule has 4 heteroatoms. The minimum absolute atomic E-state index is 0.0263. The maximum atomic E-state index is 14.0. The van der Waals surface area contributed by atoms with Crippen LogP contribution in [0.15, 0.2) is 12.1 Å². The van der Waals surface area contributed by atoms with E-state index in [1.54, 1.807) is 6.07 Å². The second-order valence-electron chi connectivity index (χ2n) is 5.51. The van der Waals surface area contributed by atoms with E-state index in [0.29, 0.717) is 12.5 Å². The second-order valence-corrected chi connectivity index (χ2v) is 5.51. The van der Waals surface area contributed by atoms with Gasteiger partial charge in [-0.15, -0.1) is 0 Å². The van der Waals surface area contributed by atoms with Crippen LogP contribution in [0.1, 0.15) is 38.7 Å². The third-order valence-electron chi connectivity index (χ3n) is 3.37. The molecule has 0 spiro atoms. The molecule has 1 fully saturated rings. The molecule has 1 aromatic rings. The highest BCUT2D eigenvalue weighted by Gasteiger charge is 2.32. The first-order valence-electron chi connectivity index (χ1n) is 6.68. The standard InChI is InChI=1S/C15H18F2N2/c1-10(2)5-6-19(12-3-4-12)15-13(16)7-11(9-18)8-14(15)17/h7-8,10,12H,3-6H2,1-2H3. The summed E-state index contributed by atoms with van der Waals surface area (Å²) in [5.74, 6) is -0.773. The topological polar surface area (TPSA) is 27.0 Å². The van der Waals surface area contributed by atoms with Crippen LogP contribution in [0.2, 0.25) is 0 Å². The Labute approximate surface area is 112 Å². The van der Waals surface area contributed by atoms with Crippen LogP contribution in [-0.2, 0) is 0 Å². The van der Waals surface area contributed by atoms with Crippen molar-refractivity contribution >= 4 is 5.69 Å². The maximum absolute atomic E-state index is 14.0. The summed E-state index contributed by atoms with van der Waals surface area (Å²) < 4.78 is 28.1. The minimum Gasteiger partial charge on any atom is -0.364 e. The van der Waals surface area contributed by atoms with Gasteiger partial charge in [-0.2, -0.15) is 5.26 Å². The van der Waals surface area contributed by atoms with E-state index in [0.717, 1.165) is 31.4 Å². The predicted octanol–water partition coefficient (Wildman–Crippen LogP) is 3.85. The summed E-state index contributed by atoms with van der Waals surface area (Å²) in [4.78, 5) is 1.83. The van der Waals surface area contributed by atoms with Gasteiger partial charge in [0, 0.05) is 12.6 Å². The second kappa shape index (κ2) is 5.56. The Morgan fingerprint density at radius 1 is 1.32 bits per heavy atom. The van der Waals surface area contributed by atoms with Crippen molar-refractivity contribution in [2.75, 3.05) is 11.4 Å². The molecule has 1 aliphatic carbocycles. The van der Waals surface area contributed by atoms with Crippen LogP contribution in [0.4, 0.5) is 14.5 Å². The zero-order valence-corrected chi connectivity index (χ0v) is 11.3. The highest BCUT2D eigenvalue weighted by molar-refractivity contribution is 5.54. The molecule has 2 rings (SSSR count). The van der Waals surface area contributed by atoms with Gasteiger partial charge >= 0.3 is 0 Å². The van der Waals surface area contributed by atoms with Crippen molar-refractivity contribution in [2.24, 2.45) is 5.92 Å². The Morgan fingerprint density at radius 2 is 1.89 bits per heavy atom. The molecule has 1 saturated carbocycles. The van der Waals surface area contributed by atoms with Crippen LogP contribution in [-0.4, -0.2) is 12.6 Å². The number of hydrogen-bond acceptors (Lipinski definition) is 2. The SMILES string of the molecule is CC(C)CCN(c1c(F)cc(C#N)cc1F)C1CC1. The third-order valence-corrected chi connectivity index (χ3v) is 3.37.